The van der Waals surface area contributed by atoms with Gasteiger partial charge in [-0.15, -0.1) is 0 Å². The fourth-order valence-electron chi connectivity index (χ4n) is 3.60. The number of aromatic hydroxyl groups is 1. The number of carbonyl (C=O) groups is 1. The van der Waals surface area contributed by atoms with E-state index in [1.165, 1.54) is 0 Å². The van der Waals surface area contributed by atoms with Crippen molar-refractivity contribution >= 4 is 21.7 Å². The van der Waals surface area contributed by atoms with E-state index in [0.717, 1.165) is 21.0 Å². The van der Waals surface area contributed by atoms with Crippen LogP contribution < -0.4 is 9.03 Å². The van der Waals surface area contributed by atoms with Crippen molar-refractivity contribution in [2.24, 2.45) is 5.92 Å². The standard InChI is InChI=1S/C18H18N2O4S/c21-17-10-12(5-6-16(17)20-8-7-19-25(20,23)24)9-14-11-13-3-1-2-4-15(13)18(14)22/h1-6,10,14,19,21H,7-9,11H2. The lowest BCUT2D eigenvalue weighted by molar-refractivity contribution is 0.0936. The summed E-state index contributed by atoms with van der Waals surface area (Å²) in [5.74, 6) is -0.0990. The Morgan fingerprint density at radius 2 is 2.00 bits per heavy atom. The number of ketones is 1. The molecule has 2 aromatic carbocycles. The second-order valence-corrected chi connectivity index (χ2v) is 8.10. The first kappa shape index (κ1) is 16.1. The number of hydrogen-bond acceptors (Lipinski definition) is 4. The molecule has 2 N–H and O–H groups in total. The fraction of sp³-hybridized carbons (Fsp3) is 0.278. The molecule has 0 radical (unpaired) electrons. The molecule has 1 unspecified atom stereocenters. The Labute approximate surface area is 146 Å². The highest BCUT2D eigenvalue weighted by Crippen LogP contribution is 2.34. The van der Waals surface area contributed by atoms with Crippen LogP contribution in [0.5, 0.6) is 5.75 Å². The second-order valence-electron chi connectivity index (χ2n) is 6.42. The monoisotopic (exact) mass is 358 g/mol. The van der Waals surface area contributed by atoms with Crippen LogP contribution in [-0.2, 0) is 23.1 Å². The van der Waals surface area contributed by atoms with E-state index in [1.54, 1.807) is 18.2 Å². The fourth-order valence-corrected chi connectivity index (χ4v) is 4.85. The zero-order chi connectivity index (χ0) is 17.6. The number of anilines is 1. The molecule has 130 valence electrons. The van der Waals surface area contributed by atoms with Crippen molar-refractivity contribution in [2.45, 2.75) is 12.8 Å². The third-order valence-electron chi connectivity index (χ3n) is 4.80. The lowest BCUT2D eigenvalue weighted by atomic mass is 9.95. The van der Waals surface area contributed by atoms with Gasteiger partial charge in [0.15, 0.2) is 5.78 Å². The van der Waals surface area contributed by atoms with Crippen LogP contribution in [0.3, 0.4) is 0 Å². The largest absolute Gasteiger partial charge is 0.506 e. The van der Waals surface area contributed by atoms with Gasteiger partial charge in [-0.1, -0.05) is 30.3 Å². The highest BCUT2D eigenvalue weighted by atomic mass is 32.2. The third kappa shape index (κ3) is 2.79. The van der Waals surface area contributed by atoms with Crippen molar-refractivity contribution in [3.05, 3.63) is 59.2 Å². The van der Waals surface area contributed by atoms with Crippen molar-refractivity contribution < 1.29 is 18.3 Å². The van der Waals surface area contributed by atoms with Crippen LogP contribution >= 0.6 is 0 Å². The molecule has 1 aliphatic heterocycles. The summed E-state index contributed by atoms with van der Waals surface area (Å²) >= 11 is 0. The predicted octanol–water partition coefficient (Wildman–Crippen LogP) is 1.64. The molecule has 0 amide bonds. The van der Waals surface area contributed by atoms with Crippen LogP contribution in [-0.4, -0.2) is 32.4 Å². The van der Waals surface area contributed by atoms with Gasteiger partial charge in [0.2, 0.25) is 0 Å². The third-order valence-corrected chi connectivity index (χ3v) is 6.33. The molecule has 2 aromatic rings. The Kier molecular flexibility index (Phi) is 3.77. The molecule has 6 nitrogen and oxygen atoms in total. The van der Waals surface area contributed by atoms with Crippen LogP contribution in [0.15, 0.2) is 42.5 Å². The second kappa shape index (κ2) is 5.86. The Morgan fingerprint density at radius 3 is 2.68 bits per heavy atom. The highest BCUT2D eigenvalue weighted by Gasteiger charge is 2.32. The van der Waals surface area contributed by atoms with Gasteiger partial charge in [0.25, 0.3) is 0 Å². The zero-order valence-corrected chi connectivity index (χ0v) is 14.3. The normalized spacial score (nSPS) is 21.5. The highest BCUT2D eigenvalue weighted by molar-refractivity contribution is 7.91. The minimum absolute atomic E-state index is 0.0901. The van der Waals surface area contributed by atoms with E-state index >= 15 is 0 Å². The number of Topliss-reactive ketones (excluding diaryl/α,β-unsaturated/α-hetero) is 1. The summed E-state index contributed by atoms with van der Waals surface area (Å²) in [4.78, 5) is 12.5. The minimum Gasteiger partial charge on any atom is -0.506 e. The summed E-state index contributed by atoms with van der Waals surface area (Å²) in [6.45, 7) is 0.601. The summed E-state index contributed by atoms with van der Waals surface area (Å²) in [5, 5.41) is 10.3. The van der Waals surface area contributed by atoms with Gasteiger partial charge in [-0.05, 0) is 36.1 Å². The van der Waals surface area contributed by atoms with E-state index < -0.39 is 10.2 Å². The van der Waals surface area contributed by atoms with E-state index in [4.69, 9.17) is 0 Å². The van der Waals surface area contributed by atoms with E-state index in [2.05, 4.69) is 4.72 Å². The summed E-state index contributed by atoms with van der Waals surface area (Å²) in [6.07, 6.45) is 1.22. The van der Waals surface area contributed by atoms with Crippen LogP contribution in [0.1, 0.15) is 21.5 Å². The first-order chi connectivity index (χ1) is 12.0. The number of phenols is 1. The maximum absolute atomic E-state index is 12.5. The zero-order valence-electron chi connectivity index (χ0n) is 13.5. The minimum atomic E-state index is -3.57. The summed E-state index contributed by atoms with van der Waals surface area (Å²) in [5.41, 5.74) is 2.92. The van der Waals surface area contributed by atoms with Gasteiger partial charge in [0.1, 0.15) is 5.75 Å². The molecule has 7 heteroatoms. The average molecular weight is 358 g/mol. The quantitative estimate of drug-likeness (QED) is 0.873. The molecule has 0 saturated carbocycles. The lowest BCUT2D eigenvalue weighted by Crippen LogP contribution is -2.29. The molecule has 0 aromatic heterocycles. The van der Waals surface area contributed by atoms with E-state index in [0.29, 0.717) is 19.4 Å². The lowest BCUT2D eigenvalue weighted by Gasteiger charge is -2.18. The summed E-state index contributed by atoms with van der Waals surface area (Å²) < 4.78 is 27.4. The van der Waals surface area contributed by atoms with Crippen molar-refractivity contribution in [3.8, 4) is 5.75 Å². The Morgan fingerprint density at radius 1 is 1.20 bits per heavy atom. The van der Waals surface area contributed by atoms with Crippen molar-refractivity contribution in [2.75, 3.05) is 17.4 Å². The SMILES string of the molecule is O=C1c2ccccc2CC1Cc1ccc(N2CCNS2(=O)=O)c(O)c1. The summed E-state index contributed by atoms with van der Waals surface area (Å²) in [6, 6.07) is 12.5. The molecule has 1 aliphatic carbocycles. The molecule has 1 heterocycles. The Hall–Kier alpha value is -2.38. The smallest absolute Gasteiger partial charge is 0.301 e. The summed E-state index contributed by atoms with van der Waals surface area (Å²) in [7, 11) is -3.57. The predicted molar refractivity (Wildman–Crippen MR) is 94.0 cm³/mol. The molecule has 1 saturated heterocycles. The number of hydrogen-bond donors (Lipinski definition) is 2. The molecule has 4 rings (SSSR count). The molecule has 2 aliphatic rings. The van der Waals surface area contributed by atoms with Gasteiger partial charge in [-0.3, -0.25) is 9.10 Å². The Bertz CT molecular complexity index is 955. The number of fused-ring (bicyclic) bond motifs is 1. The molecule has 0 bridgehead atoms. The molecule has 1 atom stereocenters. The van der Waals surface area contributed by atoms with Crippen LogP contribution in [0.4, 0.5) is 5.69 Å². The van der Waals surface area contributed by atoms with E-state index in [-0.39, 0.29) is 29.7 Å². The number of nitrogens with one attached hydrogen (secondary N) is 1. The van der Waals surface area contributed by atoms with Crippen LogP contribution in [0, 0.1) is 5.92 Å². The average Bonchev–Trinajstić information content (AvgIpc) is 3.08. The molecule has 25 heavy (non-hydrogen) atoms. The number of rotatable bonds is 3. The van der Waals surface area contributed by atoms with Crippen molar-refractivity contribution in [1.29, 1.82) is 0 Å². The number of benzene rings is 2. The van der Waals surface area contributed by atoms with Gasteiger partial charge in [-0.2, -0.15) is 13.1 Å². The molecule has 1 fully saturated rings. The maximum Gasteiger partial charge on any atom is 0.301 e. The first-order valence-corrected chi connectivity index (χ1v) is 9.61. The van der Waals surface area contributed by atoms with E-state index in [9.17, 15) is 18.3 Å². The van der Waals surface area contributed by atoms with Gasteiger partial charge >= 0.3 is 10.2 Å². The number of nitrogens with zero attached hydrogens (tertiary/aromatic N) is 1. The number of carbonyl (C=O) groups excluding carboxylic acids is 1. The van der Waals surface area contributed by atoms with Crippen LogP contribution in [0.25, 0.3) is 0 Å². The van der Waals surface area contributed by atoms with E-state index in [1.807, 2.05) is 24.3 Å². The molecular weight excluding hydrogens is 340 g/mol. The van der Waals surface area contributed by atoms with Crippen molar-refractivity contribution in [1.82, 2.24) is 4.72 Å². The van der Waals surface area contributed by atoms with Gasteiger partial charge < -0.3 is 5.11 Å². The molecule has 0 spiro atoms. The Balaban J connectivity index is 1.56. The topological polar surface area (TPSA) is 86.7 Å². The molecular formula is C18H18N2O4S. The first-order valence-electron chi connectivity index (χ1n) is 8.17. The maximum atomic E-state index is 12.5. The van der Waals surface area contributed by atoms with Gasteiger partial charge in [0, 0.05) is 24.6 Å². The van der Waals surface area contributed by atoms with Gasteiger partial charge in [-0.25, -0.2) is 0 Å². The number of phenolic OH excluding ortho intramolecular Hbond substituents is 1. The van der Waals surface area contributed by atoms with Gasteiger partial charge in [0.05, 0.1) is 5.69 Å². The van der Waals surface area contributed by atoms with Crippen LogP contribution in [0.2, 0.25) is 0 Å². The van der Waals surface area contributed by atoms with Crippen molar-refractivity contribution in [3.63, 3.8) is 0 Å².